The van der Waals surface area contributed by atoms with E-state index in [2.05, 4.69) is 10.6 Å². The van der Waals surface area contributed by atoms with Crippen LogP contribution in [0.1, 0.15) is 68.2 Å². The van der Waals surface area contributed by atoms with Crippen molar-refractivity contribution in [3.8, 4) is 0 Å². The Kier molecular flexibility index (Phi) is 9.73. The third-order valence-electron chi connectivity index (χ3n) is 3.53. The summed E-state index contributed by atoms with van der Waals surface area (Å²) in [7, 11) is 0. The first kappa shape index (κ1) is 24.8. The van der Waals surface area contributed by atoms with Crippen molar-refractivity contribution in [3.05, 3.63) is 0 Å². The Bertz CT molecular complexity index is 533. The molecular weight excluding hydrogens is 352 g/mol. The fraction of sp³-hybridized carbons (Fsp3) is 0.789. The molecule has 0 aromatic carbocycles. The van der Waals surface area contributed by atoms with E-state index < -0.39 is 17.5 Å². The Morgan fingerprint density at radius 1 is 0.923 bits per heavy atom. The van der Waals surface area contributed by atoms with E-state index >= 15 is 0 Å². The van der Waals surface area contributed by atoms with E-state index in [4.69, 9.17) is 0 Å². The first-order valence-corrected chi connectivity index (χ1v) is 9.87. The van der Waals surface area contributed by atoms with Gasteiger partial charge < -0.3 is 15.4 Å². The van der Waals surface area contributed by atoms with E-state index in [-0.39, 0.29) is 40.3 Å². The van der Waals surface area contributed by atoms with Crippen LogP contribution in [0.4, 0.5) is 0 Å². The van der Waals surface area contributed by atoms with Crippen molar-refractivity contribution >= 4 is 34.4 Å². The number of nitrogens with one attached hydrogen (secondary N) is 2. The highest BCUT2D eigenvalue weighted by Gasteiger charge is 2.33. The fourth-order valence-electron chi connectivity index (χ4n) is 2.32. The zero-order chi connectivity index (χ0) is 20.7. The predicted molar refractivity (Wildman–Crippen MR) is 106 cm³/mol. The van der Waals surface area contributed by atoms with Crippen molar-refractivity contribution in [1.29, 1.82) is 0 Å². The van der Waals surface area contributed by atoms with Gasteiger partial charge in [0.05, 0.1) is 12.1 Å². The van der Waals surface area contributed by atoms with Crippen molar-refractivity contribution in [2.24, 2.45) is 5.41 Å². The molecule has 0 fully saturated rings. The smallest absolute Gasteiger partial charge is 0.237 e. The van der Waals surface area contributed by atoms with Crippen LogP contribution >= 0.6 is 11.8 Å². The Balaban J connectivity index is 5.30. The second-order valence-electron chi connectivity index (χ2n) is 8.67. The number of amides is 1. The second kappa shape index (κ2) is 10.2. The predicted octanol–water partition coefficient (Wildman–Crippen LogP) is 2.49. The molecule has 0 saturated heterocycles. The molecule has 0 radical (unpaired) electrons. The average Bonchev–Trinajstić information content (AvgIpc) is 2.44. The molecule has 2 N–H and O–H groups in total. The van der Waals surface area contributed by atoms with Crippen LogP contribution in [0.3, 0.4) is 0 Å². The van der Waals surface area contributed by atoms with Crippen LogP contribution in [0.25, 0.3) is 0 Å². The van der Waals surface area contributed by atoms with E-state index in [1.165, 1.54) is 13.8 Å². The molecule has 0 spiro atoms. The van der Waals surface area contributed by atoms with E-state index in [0.29, 0.717) is 6.42 Å². The lowest BCUT2D eigenvalue weighted by atomic mass is 9.87. The zero-order valence-corrected chi connectivity index (χ0v) is 18.1. The average molecular weight is 387 g/mol. The molecule has 0 saturated carbocycles. The molecule has 0 rings (SSSR count). The van der Waals surface area contributed by atoms with Gasteiger partial charge in [-0.05, 0) is 34.1 Å². The standard InChI is InChI=1S/C19H34N2O4S/c1-12(22)9-10-14(21-19(6,7)8)17(25)20-15(11-26-13(2)23)16(24)18(3,4)5/h14-15,21H,9-11H2,1-8H3,(H,20,25)/t14-,15-/m0/s1. The number of hydrogen-bond donors (Lipinski definition) is 2. The summed E-state index contributed by atoms with van der Waals surface area (Å²) < 4.78 is 0. The van der Waals surface area contributed by atoms with Crippen molar-refractivity contribution in [3.63, 3.8) is 0 Å². The Morgan fingerprint density at radius 2 is 1.46 bits per heavy atom. The minimum absolute atomic E-state index is 0.00737. The first-order valence-electron chi connectivity index (χ1n) is 8.88. The largest absolute Gasteiger partial charge is 0.344 e. The van der Waals surface area contributed by atoms with Crippen LogP contribution in [-0.2, 0) is 19.2 Å². The summed E-state index contributed by atoms with van der Waals surface area (Å²) in [4.78, 5) is 48.1. The minimum Gasteiger partial charge on any atom is -0.344 e. The molecule has 0 aromatic rings. The van der Waals surface area contributed by atoms with E-state index in [9.17, 15) is 19.2 Å². The van der Waals surface area contributed by atoms with Crippen LogP contribution in [-0.4, -0.2) is 46.0 Å². The van der Waals surface area contributed by atoms with Gasteiger partial charge in [0, 0.05) is 30.1 Å². The van der Waals surface area contributed by atoms with Crippen molar-refractivity contribution in [1.82, 2.24) is 10.6 Å². The highest BCUT2D eigenvalue weighted by atomic mass is 32.2. The van der Waals surface area contributed by atoms with Gasteiger partial charge in [0.25, 0.3) is 0 Å². The van der Waals surface area contributed by atoms with Crippen LogP contribution < -0.4 is 10.6 Å². The van der Waals surface area contributed by atoms with Gasteiger partial charge in [0.2, 0.25) is 5.91 Å². The molecule has 7 heteroatoms. The maximum Gasteiger partial charge on any atom is 0.237 e. The monoisotopic (exact) mass is 386 g/mol. The molecule has 150 valence electrons. The Hall–Kier alpha value is -1.21. The number of hydrogen-bond acceptors (Lipinski definition) is 6. The lowest BCUT2D eigenvalue weighted by Gasteiger charge is -2.30. The van der Waals surface area contributed by atoms with E-state index in [1.54, 1.807) is 20.8 Å². The molecule has 0 aliphatic carbocycles. The third-order valence-corrected chi connectivity index (χ3v) is 4.44. The molecule has 0 aromatic heterocycles. The van der Waals surface area contributed by atoms with Gasteiger partial charge in [0.1, 0.15) is 5.78 Å². The molecule has 1 amide bonds. The van der Waals surface area contributed by atoms with E-state index in [0.717, 1.165) is 11.8 Å². The van der Waals surface area contributed by atoms with E-state index in [1.807, 2.05) is 20.8 Å². The topological polar surface area (TPSA) is 92.3 Å². The highest BCUT2D eigenvalue weighted by Crippen LogP contribution is 2.20. The number of carbonyl (C=O) groups is 4. The summed E-state index contributed by atoms with van der Waals surface area (Å²) in [6, 6.07) is -1.34. The summed E-state index contributed by atoms with van der Waals surface area (Å²) in [5.74, 6) is -0.242. The number of ketones is 2. The molecule has 0 aliphatic rings. The first-order chi connectivity index (χ1) is 11.6. The SMILES string of the molecule is CC(=O)CC[C@H](NC(C)(C)C)C(=O)N[C@@H](CSC(C)=O)C(=O)C(C)(C)C. The lowest BCUT2D eigenvalue weighted by molar-refractivity contribution is -0.133. The number of rotatable bonds is 9. The lowest BCUT2D eigenvalue weighted by Crippen LogP contribution is -2.56. The summed E-state index contributed by atoms with van der Waals surface area (Å²) in [6.45, 7) is 14.1. The molecule has 0 unspecified atom stereocenters. The third kappa shape index (κ3) is 10.7. The molecule has 6 nitrogen and oxygen atoms in total. The quantitative estimate of drug-likeness (QED) is 0.632. The maximum atomic E-state index is 12.8. The summed E-state index contributed by atoms with van der Waals surface area (Å²) >= 11 is 1.02. The second-order valence-corrected chi connectivity index (χ2v) is 9.86. The van der Waals surface area contributed by atoms with Crippen LogP contribution in [0.15, 0.2) is 0 Å². The van der Waals surface area contributed by atoms with Crippen LogP contribution in [0, 0.1) is 5.41 Å². The molecule has 0 bridgehead atoms. The zero-order valence-electron chi connectivity index (χ0n) is 17.3. The van der Waals surface area contributed by atoms with Crippen molar-refractivity contribution in [2.75, 3.05) is 5.75 Å². The summed E-state index contributed by atoms with van der Waals surface area (Å²) in [5.41, 5.74) is -0.960. The van der Waals surface area contributed by atoms with Gasteiger partial charge in [-0.15, -0.1) is 0 Å². The molecular formula is C19H34N2O4S. The molecule has 2 atom stereocenters. The summed E-state index contributed by atoms with van der Waals surface area (Å²) in [6.07, 6.45) is 0.635. The fourth-order valence-corrected chi connectivity index (χ4v) is 2.95. The van der Waals surface area contributed by atoms with Crippen molar-refractivity contribution < 1.29 is 19.2 Å². The van der Waals surface area contributed by atoms with Gasteiger partial charge in [-0.2, -0.15) is 0 Å². The van der Waals surface area contributed by atoms with Gasteiger partial charge in [0.15, 0.2) is 10.9 Å². The Labute approximate surface area is 161 Å². The maximum absolute atomic E-state index is 12.8. The van der Waals surface area contributed by atoms with Crippen LogP contribution in [0.2, 0.25) is 0 Å². The van der Waals surface area contributed by atoms with Crippen LogP contribution in [0.5, 0.6) is 0 Å². The molecule has 26 heavy (non-hydrogen) atoms. The number of thioether (sulfide) groups is 1. The van der Waals surface area contributed by atoms with Gasteiger partial charge >= 0.3 is 0 Å². The van der Waals surface area contributed by atoms with Crippen molar-refractivity contribution in [2.45, 2.75) is 85.9 Å². The normalized spacial score (nSPS) is 14.5. The van der Waals surface area contributed by atoms with Gasteiger partial charge in [-0.1, -0.05) is 32.5 Å². The highest BCUT2D eigenvalue weighted by molar-refractivity contribution is 8.13. The van der Waals surface area contributed by atoms with Gasteiger partial charge in [-0.3, -0.25) is 14.4 Å². The minimum atomic E-state index is -0.752. The number of carbonyl (C=O) groups excluding carboxylic acids is 4. The summed E-state index contributed by atoms with van der Waals surface area (Å²) in [5, 5.41) is 5.90. The Morgan fingerprint density at radius 3 is 1.85 bits per heavy atom. The molecule has 0 aliphatic heterocycles. The number of Topliss-reactive ketones (excluding diaryl/α,β-unsaturated/α-hetero) is 2. The molecule has 0 heterocycles. The van der Waals surface area contributed by atoms with Gasteiger partial charge in [-0.25, -0.2) is 0 Å².